The maximum atomic E-state index is 14.6. The van der Waals surface area contributed by atoms with Crippen molar-refractivity contribution in [1.82, 2.24) is 89.9 Å². The van der Waals surface area contributed by atoms with Crippen LogP contribution in [0.15, 0.2) is 207 Å². The lowest BCUT2D eigenvalue weighted by Crippen LogP contribution is -2.29. The Labute approximate surface area is 744 Å². The van der Waals surface area contributed by atoms with Gasteiger partial charge in [0.05, 0.1) is 58.6 Å². The highest BCUT2D eigenvalue weighted by molar-refractivity contribution is 6.14. The van der Waals surface area contributed by atoms with Crippen molar-refractivity contribution in [2.24, 2.45) is 13.0 Å². The van der Waals surface area contributed by atoms with Gasteiger partial charge < -0.3 is 55.0 Å². The summed E-state index contributed by atoms with van der Waals surface area (Å²) in [6.07, 6.45) is 18.7. The van der Waals surface area contributed by atoms with Gasteiger partial charge in [0.2, 0.25) is 19.1 Å². The number of rotatable bonds is 22. The molecule has 34 heteroatoms. The number of anilines is 4. The average Bonchev–Trinajstić information content (AvgIpc) is 1.60. The van der Waals surface area contributed by atoms with Gasteiger partial charge in [0.15, 0.2) is 22.8 Å². The van der Waals surface area contributed by atoms with Crippen LogP contribution in [0.3, 0.4) is 0 Å². The third kappa shape index (κ3) is 21.0. The molecule has 3 saturated heterocycles. The molecule has 9 N–H and O–H groups in total. The molecule has 0 saturated carbocycles. The number of hydrogen-bond donors (Lipinski definition) is 9. The van der Waals surface area contributed by atoms with Crippen molar-refractivity contribution in [3.63, 3.8) is 0 Å². The van der Waals surface area contributed by atoms with E-state index in [0.717, 1.165) is 163 Å². The number of nitrogens with one attached hydrogen (secondary N) is 9. The molecule has 8 aromatic heterocycles. The highest BCUT2D eigenvalue weighted by atomic mass is 19.2. The number of carbonyl (C=O) groups excluding carboxylic acids is 4. The second-order valence-electron chi connectivity index (χ2n) is 32.8. The maximum Gasteiger partial charge on any atom is 0.276 e. The number of piperidine rings is 2. The molecule has 20 rings (SSSR count). The third-order valence-electron chi connectivity index (χ3n) is 23.4. The highest BCUT2D eigenvalue weighted by Crippen LogP contribution is 2.36. The number of aromatic amines is 4. The monoisotopic (exact) mass is 1760 g/mol. The lowest BCUT2D eigenvalue weighted by Gasteiger charge is -2.29. The van der Waals surface area contributed by atoms with Crippen LogP contribution in [0.5, 0.6) is 17.2 Å². The van der Waals surface area contributed by atoms with E-state index in [9.17, 15) is 36.7 Å². The predicted molar refractivity (Wildman–Crippen MR) is 488 cm³/mol. The number of ether oxygens (including phenoxy) is 4. The van der Waals surface area contributed by atoms with Crippen LogP contribution in [-0.2, 0) is 31.3 Å². The number of nitrogens with zero attached hydrogens (tertiary/aromatic N) is 13. The molecular weight excluding hydrogens is 1670 g/mol. The molecule has 0 bridgehead atoms. The van der Waals surface area contributed by atoms with Gasteiger partial charge in [0.1, 0.15) is 28.9 Å². The van der Waals surface area contributed by atoms with Crippen molar-refractivity contribution in [2.75, 3.05) is 67.7 Å². The molecule has 30 nitrogen and oxygen atoms in total. The SMILES string of the molecule is CC(F)Oc1ccc(NC(=O)c2n[nH]c3ccc(-c4cnc5n4CCCC5)cc23)cc1.CC(F)Oc1ccc(NC(=O)c2n[nH]c3ccc(-c4cnn(C5CCOCC5)c4)cc23)cc1.CC(F)Oc1ccc(NC(=O)c2n[nH]c3ccc(-c4cnn(CC5CCNCC5)c4)cc23)cc1.CN1CCC(c2ccc(NC(=O)c3n[nH]c4cc(F)c(-c5cnn(C)c5)cc34)cc2)CC1. The minimum atomic E-state index is -1.40. The largest absolute Gasteiger partial charge is 0.461 e. The number of halogens is 4. The molecule has 130 heavy (non-hydrogen) atoms. The Balaban J connectivity index is 0.000000122. The van der Waals surface area contributed by atoms with Crippen LogP contribution in [0.1, 0.15) is 137 Å². The van der Waals surface area contributed by atoms with E-state index in [1.54, 1.807) is 103 Å². The molecule has 4 aliphatic rings. The molecule has 3 unspecified atom stereocenters. The fourth-order valence-electron chi connectivity index (χ4n) is 16.7. The summed E-state index contributed by atoms with van der Waals surface area (Å²) in [6.45, 7) is 11.7. The van der Waals surface area contributed by atoms with Gasteiger partial charge in [-0.25, -0.2) is 22.5 Å². The van der Waals surface area contributed by atoms with Crippen LogP contribution >= 0.6 is 0 Å². The van der Waals surface area contributed by atoms with Gasteiger partial charge in [0, 0.05) is 157 Å². The van der Waals surface area contributed by atoms with Crippen LogP contribution in [0.25, 0.3) is 88.2 Å². The number of fused-ring (bicyclic) bond motifs is 5. The first kappa shape index (κ1) is 87.4. The summed E-state index contributed by atoms with van der Waals surface area (Å²) in [6, 6.07) is 48.6. The van der Waals surface area contributed by atoms with Crippen molar-refractivity contribution in [1.29, 1.82) is 0 Å². The zero-order chi connectivity index (χ0) is 89.9. The summed E-state index contributed by atoms with van der Waals surface area (Å²) in [7, 11) is 3.93. The van der Waals surface area contributed by atoms with Gasteiger partial charge in [-0.15, -0.1) is 0 Å². The number of imidazole rings is 1. The topological polar surface area (TPSA) is 355 Å². The molecule has 0 radical (unpaired) electrons. The summed E-state index contributed by atoms with van der Waals surface area (Å²) in [4.78, 5) is 58.6. The van der Waals surface area contributed by atoms with E-state index in [-0.39, 0.29) is 29.3 Å². The molecule has 4 amide bonds. The molecule has 3 atom stereocenters. The molecule has 12 heterocycles. The first-order valence-corrected chi connectivity index (χ1v) is 43.5. The van der Waals surface area contributed by atoms with E-state index in [0.29, 0.717) is 97.0 Å². The summed E-state index contributed by atoms with van der Waals surface area (Å²) in [5.41, 5.74) is 14.6. The van der Waals surface area contributed by atoms with Gasteiger partial charge in [0.25, 0.3) is 23.6 Å². The Bertz CT molecular complexity index is 6630. The minimum Gasteiger partial charge on any atom is -0.461 e. The van der Waals surface area contributed by atoms with Crippen molar-refractivity contribution in [2.45, 2.75) is 123 Å². The Morgan fingerprint density at radius 3 is 1.42 bits per heavy atom. The van der Waals surface area contributed by atoms with Gasteiger partial charge in [-0.05, 0) is 241 Å². The molecule has 3 fully saturated rings. The number of carbonyl (C=O) groups is 4. The van der Waals surface area contributed by atoms with Crippen LogP contribution in [-0.4, -0.2) is 174 Å². The van der Waals surface area contributed by atoms with Gasteiger partial charge in [-0.2, -0.15) is 35.7 Å². The Morgan fingerprint density at radius 2 is 0.923 bits per heavy atom. The maximum absolute atomic E-state index is 14.6. The van der Waals surface area contributed by atoms with Crippen LogP contribution in [0.2, 0.25) is 0 Å². The Morgan fingerprint density at radius 1 is 0.469 bits per heavy atom. The van der Waals surface area contributed by atoms with E-state index in [4.69, 9.17) is 18.9 Å². The minimum absolute atomic E-state index is 0.226. The van der Waals surface area contributed by atoms with E-state index >= 15 is 0 Å². The smallest absolute Gasteiger partial charge is 0.276 e. The molecule has 16 aromatic rings. The normalized spacial score (nSPS) is 15.1. The molecule has 0 aliphatic carbocycles. The second kappa shape index (κ2) is 39.7. The highest BCUT2D eigenvalue weighted by Gasteiger charge is 2.27. The quantitative estimate of drug-likeness (QED) is 0.0285. The van der Waals surface area contributed by atoms with Crippen molar-refractivity contribution < 1.29 is 55.7 Å². The number of aryl methyl sites for hydroxylation is 2. The summed E-state index contributed by atoms with van der Waals surface area (Å²) < 4.78 is 81.8. The molecular formula is C96H98F4N22O8. The number of H-pyrrole nitrogens is 4. The van der Waals surface area contributed by atoms with Crippen molar-refractivity contribution >= 4 is 90.0 Å². The van der Waals surface area contributed by atoms with Gasteiger partial charge in [-0.1, -0.05) is 30.3 Å². The standard InChI is InChI=1S/C25H27FN6O2.C24H25FN6O.C24H24FN5O3.C23H22FN5O2/c1-16(26)34-21-5-3-20(4-6-21)29-25(33)24-22-12-18(2-7-23(22)30-31-24)19-13-28-32(15-19)14-17-8-10-27-11-9-17;1-30-9-7-16(8-10-30)15-3-5-18(6-4-15)27-24(32)23-20-11-19(17-13-26-31(2)14-17)21(25)12-22(20)28-29-23;1-15(25)33-20-5-3-18(4-6-20)27-24(31)23-21-12-16(2-7-22(21)28-29-23)17-13-26-30(14-17)19-8-10-32-11-9-19;1-14(24)31-17-8-6-16(7-9-17)26-23(30)22-18-12-15(5-10-19(18)27-28-22)20-13-25-21-4-2-3-11-29(20)21/h2-7,12-13,15-17,27H,8-11,14H2,1H3,(H,29,33)(H,30,31);3-6,11-14,16H,7-10H2,1-2H3,(H,27,32)(H,28,29);2-7,12-15,19H,8-11H2,1H3,(H,27,31)(H,28,29);5-10,12-14H,2-4,11H2,1H3,(H,26,30)(H,27,28). The molecule has 4 aliphatic heterocycles. The molecule has 8 aromatic carbocycles. The van der Waals surface area contributed by atoms with Crippen molar-refractivity contribution in [3.05, 3.63) is 247 Å². The average molecular weight is 1760 g/mol. The van der Waals surface area contributed by atoms with E-state index in [1.165, 1.54) is 51.7 Å². The number of benzene rings is 8. The van der Waals surface area contributed by atoms with Crippen LogP contribution < -0.4 is 40.8 Å². The zero-order valence-corrected chi connectivity index (χ0v) is 72.2. The van der Waals surface area contributed by atoms with Gasteiger partial charge in [-0.3, -0.25) is 53.6 Å². The fraction of sp³-hybridized carbons (Fsp3) is 0.292. The molecule has 0 spiro atoms. The zero-order valence-electron chi connectivity index (χ0n) is 72.2. The number of likely N-dealkylation sites (tertiary alicyclic amines) is 1. The van der Waals surface area contributed by atoms with Crippen LogP contribution in [0.4, 0.5) is 40.3 Å². The first-order chi connectivity index (χ1) is 63.2. The molecule has 668 valence electrons. The summed E-state index contributed by atoms with van der Waals surface area (Å²) in [5.74, 6) is 1.75. The van der Waals surface area contributed by atoms with Gasteiger partial charge >= 0.3 is 0 Å². The van der Waals surface area contributed by atoms with Crippen molar-refractivity contribution in [3.8, 4) is 61.9 Å². The van der Waals surface area contributed by atoms with Crippen LogP contribution in [0, 0.1) is 11.7 Å². The number of aromatic nitrogens is 16. The fourth-order valence-corrected chi connectivity index (χ4v) is 16.7. The lowest BCUT2D eigenvalue weighted by atomic mass is 9.89. The van der Waals surface area contributed by atoms with E-state index in [1.807, 2.05) is 101 Å². The number of alkyl halides is 3. The number of hydrogen-bond acceptors (Lipinski definition) is 18. The first-order valence-electron chi connectivity index (χ1n) is 43.5. The second-order valence-corrected chi connectivity index (χ2v) is 32.8. The Hall–Kier alpha value is -14.6. The summed E-state index contributed by atoms with van der Waals surface area (Å²) >= 11 is 0. The predicted octanol–water partition coefficient (Wildman–Crippen LogP) is 18.0. The third-order valence-corrected chi connectivity index (χ3v) is 23.4. The number of amides is 4. The summed E-state index contributed by atoms with van der Waals surface area (Å²) in [5, 5.41) is 59.1. The van der Waals surface area contributed by atoms with E-state index < -0.39 is 24.9 Å². The van der Waals surface area contributed by atoms with E-state index in [2.05, 4.69) is 122 Å². The Kier molecular flexibility index (Phi) is 26.7. The lowest BCUT2D eigenvalue weighted by molar-refractivity contribution is 0.0662.